The number of carbonyl (C=O) groups excluding carboxylic acids is 1. The van der Waals surface area contributed by atoms with Crippen molar-refractivity contribution in [3.8, 4) is 0 Å². The minimum Gasteiger partial charge on any atom is -0.387 e. The summed E-state index contributed by atoms with van der Waals surface area (Å²) in [6, 6.07) is 5.67. The Hall–Kier alpha value is -1.92. The standard InChI is InChI=1S/C15H17ClFN3O2/c1-8(2)12-6-13(20-19-12)15(22)18-7-14(21)9-3-4-10(16)11(17)5-9/h3-6,8,14,21H,7H2,1-2H3,(H,18,22)(H,19,20). The van der Waals surface area contributed by atoms with Crippen molar-refractivity contribution in [2.24, 2.45) is 0 Å². The maximum Gasteiger partial charge on any atom is 0.271 e. The smallest absolute Gasteiger partial charge is 0.271 e. The van der Waals surface area contributed by atoms with Gasteiger partial charge in [0.1, 0.15) is 11.5 Å². The Morgan fingerprint density at radius 3 is 2.77 bits per heavy atom. The lowest BCUT2D eigenvalue weighted by Crippen LogP contribution is -2.28. The third-order valence-corrected chi connectivity index (χ3v) is 3.54. The fourth-order valence-corrected chi connectivity index (χ4v) is 1.98. The molecule has 2 aromatic rings. The van der Waals surface area contributed by atoms with E-state index >= 15 is 0 Å². The number of H-pyrrole nitrogens is 1. The van der Waals surface area contributed by atoms with E-state index in [0.29, 0.717) is 5.56 Å². The molecule has 0 saturated heterocycles. The SMILES string of the molecule is CC(C)c1cc(C(=O)NCC(O)c2ccc(Cl)c(F)c2)n[nH]1. The summed E-state index contributed by atoms with van der Waals surface area (Å²) in [4.78, 5) is 11.9. The second-order valence-electron chi connectivity index (χ2n) is 5.26. The minimum absolute atomic E-state index is 0.0160. The van der Waals surface area contributed by atoms with E-state index in [4.69, 9.17) is 11.6 Å². The van der Waals surface area contributed by atoms with E-state index in [1.54, 1.807) is 6.07 Å². The van der Waals surface area contributed by atoms with Gasteiger partial charge in [-0.2, -0.15) is 5.10 Å². The van der Waals surface area contributed by atoms with Gasteiger partial charge >= 0.3 is 0 Å². The van der Waals surface area contributed by atoms with Crippen LogP contribution in [0.1, 0.15) is 47.6 Å². The number of nitrogens with one attached hydrogen (secondary N) is 2. The Balaban J connectivity index is 1.96. The molecule has 0 spiro atoms. The molecular weight excluding hydrogens is 309 g/mol. The predicted molar refractivity (Wildman–Crippen MR) is 81.4 cm³/mol. The van der Waals surface area contributed by atoms with Crippen LogP contribution in [0.5, 0.6) is 0 Å². The number of hydrogen-bond donors (Lipinski definition) is 3. The maximum absolute atomic E-state index is 13.3. The number of carbonyl (C=O) groups is 1. The summed E-state index contributed by atoms with van der Waals surface area (Å²) in [6.45, 7) is 3.91. The average Bonchev–Trinajstić information content (AvgIpc) is 2.97. The molecule has 0 fully saturated rings. The zero-order chi connectivity index (χ0) is 16.3. The van der Waals surface area contributed by atoms with Gasteiger partial charge in [-0.25, -0.2) is 4.39 Å². The Kier molecular flexibility index (Phi) is 5.15. The summed E-state index contributed by atoms with van der Waals surface area (Å²) in [5, 5.41) is 19.2. The summed E-state index contributed by atoms with van der Waals surface area (Å²) >= 11 is 5.58. The van der Waals surface area contributed by atoms with Crippen molar-refractivity contribution < 1.29 is 14.3 Å². The number of aliphatic hydroxyl groups excluding tert-OH is 1. The van der Waals surface area contributed by atoms with Gasteiger partial charge in [-0.3, -0.25) is 9.89 Å². The van der Waals surface area contributed by atoms with Crippen LogP contribution in [0, 0.1) is 5.82 Å². The first-order valence-corrected chi connectivity index (χ1v) is 7.22. The van der Waals surface area contributed by atoms with Crippen LogP contribution >= 0.6 is 11.6 Å². The quantitative estimate of drug-likeness (QED) is 0.791. The normalized spacial score (nSPS) is 12.5. The van der Waals surface area contributed by atoms with Crippen LogP contribution in [-0.4, -0.2) is 27.8 Å². The van der Waals surface area contributed by atoms with Crippen LogP contribution in [0.3, 0.4) is 0 Å². The number of aromatic nitrogens is 2. The topological polar surface area (TPSA) is 78.0 Å². The fraction of sp³-hybridized carbons (Fsp3) is 0.333. The molecule has 0 aliphatic heterocycles. The lowest BCUT2D eigenvalue weighted by molar-refractivity contribution is 0.0911. The van der Waals surface area contributed by atoms with Crippen molar-refractivity contribution >= 4 is 17.5 Å². The molecule has 0 radical (unpaired) electrons. The summed E-state index contributed by atoms with van der Waals surface area (Å²) in [6.07, 6.45) is -1.03. The highest BCUT2D eigenvalue weighted by molar-refractivity contribution is 6.30. The largest absolute Gasteiger partial charge is 0.387 e. The van der Waals surface area contributed by atoms with Gasteiger partial charge < -0.3 is 10.4 Å². The minimum atomic E-state index is -1.03. The molecule has 1 atom stereocenters. The first-order valence-electron chi connectivity index (χ1n) is 6.85. The van der Waals surface area contributed by atoms with Crippen molar-refractivity contribution in [3.63, 3.8) is 0 Å². The number of amides is 1. The number of nitrogens with zero attached hydrogens (tertiary/aromatic N) is 1. The molecule has 118 valence electrons. The second kappa shape index (κ2) is 6.89. The van der Waals surface area contributed by atoms with Crippen molar-refractivity contribution in [1.29, 1.82) is 0 Å². The van der Waals surface area contributed by atoms with E-state index < -0.39 is 17.8 Å². The lowest BCUT2D eigenvalue weighted by atomic mass is 10.1. The average molecular weight is 326 g/mol. The van der Waals surface area contributed by atoms with Gasteiger partial charge in [-0.05, 0) is 29.7 Å². The molecule has 0 aliphatic rings. The van der Waals surface area contributed by atoms with E-state index in [0.717, 1.165) is 11.8 Å². The molecule has 1 heterocycles. The molecule has 1 amide bonds. The Labute approximate surface area is 132 Å². The summed E-state index contributed by atoms with van der Waals surface area (Å²) < 4.78 is 13.3. The number of rotatable bonds is 5. The number of halogens is 2. The molecule has 5 nitrogen and oxygen atoms in total. The van der Waals surface area contributed by atoms with Gasteiger partial charge in [0.05, 0.1) is 11.1 Å². The Morgan fingerprint density at radius 1 is 1.45 bits per heavy atom. The van der Waals surface area contributed by atoms with Gasteiger partial charge in [0, 0.05) is 12.2 Å². The van der Waals surface area contributed by atoms with Crippen molar-refractivity contribution in [2.75, 3.05) is 6.54 Å². The fourth-order valence-electron chi connectivity index (χ4n) is 1.87. The lowest BCUT2D eigenvalue weighted by Gasteiger charge is -2.12. The van der Waals surface area contributed by atoms with Crippen LogP contribution in [0.4, 0.5) is 4.39 Å². The van der Waals surface area contributed by atoms with Crippen molar-refractivity contribution in [1.82, 2.24) is 15.5 Å². The second-order valence-corrected chi connectivity index (χ2v) is 5.67. The molecule has 0 saturated carbocycles. The first-order chi connectivity index (χ1) is 10.4. The van der Waals surface area contributed by atoms with Gasteiger partial charge in [-0.15, -0.1) is 0 Å². The highest BCUT2D eigenvalue weighted by Crippen LogP contribution is 2.20. The van der Waals surface area contributed by atoms with E-state index in [1.807, 2.05) is 13.8 Å². The molecule has 1 aromatic carbocycles. The molecule has 3 N–H and O–H groups in total. The number of hydrogen-bond acceptors (Lipinski definition) is 3. The molecule has 2 rings (SSSR count). The Bertz CT molecular complexity index is 673. The summed E-state index contributed by atoms with van der Waals surface area (Å²) in [5.41, 5.74) is 1.44. The van der Waals surface area contributed by atoms with Gasteiger partial charge in [0.15, 0.2) is 0 Å². The molecule has 1 aromatic heterocycles. The zero-order valence-corrected chi connectivity index (χ0v) is 13.0. The van der Waals surface area contributed by atoms with E-state index in [-0.39, 0.29) is 23.2 Å². The number of aliphatic hydroxyl groups is 1. The molecule has 22 heavy (non-hydrogen) atoms. The summed E-state index contributed by atoms with van der Waals surface area (Å²) in [5.74, 6) is -0.785. The molecule has 1 unspecified atom stereocenters. The van der Waals surface area contributed by atoms with Crippen LogP contribution in [-0.2, 0) is 0 Å². The highest BCUT2D eigenvalue weighted by Gasteiger charge is 2.15. The third-order valence-electron chi connectivity index (χ3n) is 3.24. The van der Waals surface area contributed by atoms with E-state index in [9.17, 15) is 14.3 Å². The van der Waals surface area contributed by atoms with Gasteiger partial charge in [0.25, 0.3) is 5.91 Å². The van der Waals surface area contributed by atoms with Crippen LogP contribution in [0.15, 0.2) is 24.3 Å². The number of aromatic amines is 1. The van der Waals surface area contributed by atoms with Crippen molar-refractivity contribution in [3.05, 3.63) is 52.1 Å². The first kappa shape index (κ1) is 16.5. The van der Waals surface area contributed by atoms with Crippen molar-refractivity contribution in [2.45, 2.75) is 25.9 Å². The molecule has 0 aliphatic carbocycles. The van der Waals surface area contributed by atoms with Crippen LogP contribution in [0.2, 0.25) is 5.02 Å². The van der Waals surface area contributed by atoms with E-state index in [1.165, 1.54) is 12.1 Å². The van der Waals surface area contributed by atoms with Gasteiger partial charge in [-0.1, -0.05) is 31.5 Å². The zero-order valence-electron chi connectivity index (χ0n) is 12.2. The maximum atomic E-state index is 13.3. The monoisotopic (exact) mass is 325 g/mol. The molecule has 7 heteroatoms. The van der Waals surface area contributed by atoms with Crippen LogP contribution < -0.4 is 5.32 Å². The third kappa shape index (κ3) is 3.84. The molecular formula is C15H17ClFN3O2. The predicted octanol–water partition coefficient (Wildman–Crippen LogP) is 2.79. The molecule has 0 bridgehead atoms. The summed E-state index contributed by atoms with van der Waals surface area (Å²) in [7, 11) is 0. The van der Waals surface area contributed by atoms with E-state index in [2.05, 4.69) is 15.5 Å². The number of benzene rings is 1. The van der Waals surface area contributed by atoms with Crippen LogP contribution in [0.25, 0.3) is 0 Å². The highest BCUT2D eigenvalue weighted by atomic mass is 35.5. The van der Waals surface area contributed by atoms with Gasteiger partial charge in [0.2, 0.25) is 0 Å². The Morgan fingerprint density at radius 2 is 2.18 bits per heavy atom.